The molecule has 0 aliphatic heterocycles. The average Bonchev–Trinajstić information content (AvgIpc) is 1.65. The van der Waals surface area contributed by atoms with E-state index in [2.05, 4.69) is 0 Å². The van der Waals surface area contributed by atoms with Crippen LogP contribution in [-0.2, 0) is 4.79 Å². The Bertz CT molecular complexity index is 76.9. The van der Waals surface area contributed by atoms with Crippen molar-refractivity contribution >= 4 is 29.5 Å². The molecular weight excluding hydrogens is 123 g/mol. The molecule has 0 fully saturated rings. The third-order valence-electron chi connectivity index (χ3n) is 0.217. The molecule has 0 bridgehead atoms. The highest BCUT2D eigenvalue weighted by molar-refractivity contribution is 6.43. The zero-order chi connectivity index (χ0) is 4.99. The highest BCUT2D eigenvalue weighted by Crippen LogP contribution is 1.95. The van der Waals surface area contributed by atoms with Crippen LogP contribution < -0.4 is 0 Å². The highest BCUT2D eigenvalue weighted by Gasteiger charge is 1.78. The molecule has 0 aromatic carbocycles. The molecule has 0 N–H and O–H groups in total. The Hall–Kier alpha value is -0.0100. The van der Waals surface area contributed by atoms with Gasteiger partial charge in [-0.2, -0.15) is 0 Å². The lowest BCUT2D eigenvalue weighted by Gasteiger charge is -1.68. The van der Waals surface area contributed by atoms with Gasteiger partial charge in [0.25, 0.3) is 0 Å². The van der Waals surface area contributed by atoms with E-state index >= 15 is 0 Å². The zero-order valence-corrected chi connectivity index (χ0v) is 4.33. The van der Waals surface area contributed by atoms with E-state index in [0.29, 0.717) is 6.29 Å². The Kier molecular flexibility index (Phi) is 3.19. The number of halogens is 2. The second-order valence-electron chi connectivity index (χ2n) is 0.612. The first kappa shape index (κ1) is 5.99. The molecule has 0 aliphatic carbocycles. The van der Waals surface area contributed by atoms with E-state index in [-0.39, 0.29) is 5.03 Å². The molecule has 3 heteroatoms. The summed E-state index contributed by atoms with van der Waals surface area (Å²) in [5, 5.41) is 0.0247. The fourth-order valence-electron chi connectivity index (χ4n) is 0.0257. The number of hydrogen-bond acceptors (Lipinski definition) is 1. The Morgan fingerprint density at radius 3 is 2.17 bits per heavy atom. The topological polar surface area (TPSA) is 17.1 Å². The standard InChI is InChI=1S/C3H2Cl2O/c4-1-3(5)2-6/h1-2H/b3-1-. The van der Waals surface area contributed by atoms with Crippen LogP contribution in [0.3, 0.4) is 0 Å². The van der Waals surface area contributed by atoms with E-state index in [1.165, 1.54) is 0 Å². The van der Waals surface area contributed by atoms with Gasteiger partial charge in [0.15, 0.2) is 6.29 Å². The Balaban J connectivity index is 3.50. The van der Waals surface area contributed by atoms with Gasteiger partial charge in [-0.3, -0.25) is 4.79 Å². The van der Waals surface area contributed by atoms with Crippen molar-refractivity contribution < 1.29 is 4.79 Å². The lowest BCUT2D eigenvalue weighted by Crippen LogP contribution is -1.63. The van der Waals surface area contributed by atoms with Gasteiger partial charge in [-0.15, -0.1) is 0 Å². The van der Waals surface area contributed by atoms with Crippen molar-refractivity contribution in [3.05, 3.63) is 10.6 Å². The smallest absolute Gasteiger partial charge is 0.162 e. The fourth-order valence-corrected chi connectivity index (χ4v) is 0.0772. The molecular formula is C3H2Cl2O. The number of rotatable bonds is 1. The van der Waals surface area contributed by atoms with Crippen LogP contribution in [0.1, 0.15) is 0 Å². The minimum Gasteiger partial charge on any atom is -0.297 e. The van der Waals surface area contributed by atoms with E-state index in [1.54, 1.807) is 0 Å². The molecule has 0 rings (SSSR count). The summed E-state index contributed by atoms with van der Waals surface area (Å²) in [5.41, 5.74) is 1.01. The average molecular weight is 125 g/mol. The van der Waals surface area contributed by atoms with Crippen LogP contribution in [0.25, 0.3) is 0 Å². The third-order valence-corrected chi connectivity index (χ3v) is 0.762. The zero-order valence-electron chi connectivity index (χ0n) is 2.82. The fraction of sp³-hybridized carbons (Fsp3) is 0. The van der Waals surface area contributed by atoms with Gasteiger partial charge >= 0.3 is 0 Å². The summed E-state index contributed by atoms with van der Waals surface area (Å²) in [6.45, 7) is 0. The third kappa shape index (κ3) is 2.24. The van der Waals surface area contributed by atoms with Gasteiger partial charge in [-0.25, -0.2) is 0 Å². The van der Waals surface area contributed by atoms with Gasteiger partial charge < -0.3 is 0 Å². The van der Waals surface area contributed by atoms with Crippen molar-refractivity contribution in [2.24, 2.45) is 0 Å². The monoisotopic (exact) mass is 124 g/mol. The lowest BCUT2D eigenvalue weighted by atomic mass is 10.7. The van der Waals surface area contributed by atoms with E-state index in [1.807, 2.05) is 0 Å². The maximum atomic E-state index is 9.45. The van der Waals surface area contributed by atoms with Crippen molar-refractivity contribution in [1.82, 2.24) is 0 Å². The van der Waals surface area contributed by atoms with Crippen molar-refractivity contribution in [2.45, 2.75) is 0 Å². The molecule has 0 aliphatic rings. The van der Waals surface area contributed by atoms with Crippen LogP contribution in [0.15, 0.2) is 10.6 Å². The van der Waals surface area contributed by atoms with Crippen molar-refractivity contribution in [3.8, 4) is 0 Å². The summed E-state index contributed by atoms with van der Waals surface area (Å²) < 4.78 is 0. The van der Waals surface area contributed by atoms with E-state index < -0.39 is 0 Å². The Morgan fingerprint density at radius 2 is 2.17 bits per heavy atom. The highest BCUT2D eigenvalue weighted by atomic mass is 35.5. The van der Waals surface area contributed by atoms with Crippen LogP contribution in [0.4, 0.5) is 0 Å². The van der Waals surface area contributed by atoms with Gasteiger partial charge in [0.05, 0.1) is 5.03 Å². The van der Waals surface area contributed by atoms with E-state index in [4.69, 9.17) is 23.2 Å². The number of hydrogen-bond donors (Lipinski definition) is 0. The normalized spacial score (nSPS) is 11.3. The minimum atomic E-state index is 0.0247. The van der Waals surface area contributed by atoms with E-state index in [0.717, 1.165) is 5.54 Å². The van der Waals surface area contributed by atoms with Gasteiger partial charge in [0, 0.05) is 5.54 Å². The molecule has 0 spiro atoms. The second kappa shape index (κ2) is 3.19. The van der Waals surface area contributed by atoms with Crippen LogP contribution in [-0.4, -0.2) is 6.29 Å². The maximum Gasteiger partial charge on any atom is 0.162 e. The summed E-state index contributed by atoms with van der Waals surface area (Å²) in [6, 6.07) is 0. The summed E-state index contributed by atoms with van der Waals surface area (Å²) in [7, 11) is 0. The van der Waals surface area contributed by atoms with Gasteiger partial charge in [-0.05, 0) is 0 Å². The van der Waals surface area contributed by atoms with Crippen LogP contribution >= 0.6 is 23.2 Å². The summed E-state index contributed by atoms with van der Waals surface area (Å²) >= 11 is 9.94. The largest absolute Gasteiger partial charge is 0.297 e. The maximum absolute atomic E-state index is 9.45. The molecule has 0 aromatic heterocycles. The molecule has 0 radical (unpaired) electrons. The first-order valence-electron chi connectivity index (χ1n) is 1.22. The SMILES string of the molecule is O=C/C(Cl)=C/Cl. The second-order valence-corrected chi connectivity index (χ2v) is 1.27. The molecule has 0 aromatic rings. The molecule has 0 amide bonds. The molecule has 6 heavy (non-hydrogen) atoms. The summed E-state index contributed by atoms with van der Waals surface area (Å²) in [4.78, 5) is 9.45. The molecule has 0 saturated carbocycles. The molecule has 0 heterocycles. The lowest BCUT2D eigenvalue weighted by molar-refractivity contribution is -0.104. The minimum absolute atomic E-state index is 0.0247. The quantitative estimate of drug-likeness (QED) is 0.383. The Labute approximate surface area is 45.5 Å². The molecule has 0 saturated heterocycles. The van der Waals surface area contributed by atoms with Crippen LogP contribution in [0.2, 0.25) is 0 Å². The summed E-state index contributed by atoms with van der Waals surface area (Å²) in [6.07, 6.45) is 0.467. The predicted octanol–water partition coefficient (Wildman–Crippen LogP) is 1.50. The summed E-state index contributed by atoms with van der Waals surface area (Å²) in [5.74, 6) is 0. The van der Waals surface area contributed by atoms with Gasteiger partial charge in [-0.1, -0.05) is 23.2 Å². The number of allylic oxidation sites excluding steroid dienone is 1. The number of aldehydes is 1. The first-order valence-corrected chi connectivity index (χ1v) is 2.03. The van der Waals surface area contributed by atoms with E-state index in [9.17, 15) is 4.79 Å². The molecule has 0 unspecified atom stereocenters. The molecule has 1 nitrogen and oxygen atoms in total. The Morgan fingerprint density at radius 1 is 1.67 bits per heavy atom. The predicted molar refractivity (Wildman–Crippen MR) is 25.9 cm³/mol. The first-order chi connectivity index (χ1) is 2.81. The van der Waals surface area contributed by atoms with Crippen molar-refractivity contribution in [2.75, 3.05) is 0 Å². The van der Waals surface area contributed by atoms with Gasteiger partial charge in [0.2, 0.25) is 0 Å². The van der Waals surface area contributed by atoms with Crippen molar-refractivity contribution in [3.63, 3.8) is 0 Å². The number of carbonyl (C=O) groups excluding carboxylic acids is 1. The molecule has 34 valence electrons. The number of carbonyl (C=O) groups is 1. The van der Waals surface area contributed by atoms with Gasteiger partial charge in [0.1, 0.15) is 0 Å². The van der Waals surface area contributed by atoms with Crippen molar-refractivity contribution in [1.29, 1.82) is 0 Å². The molecule has 0 atom stereocenters. The van der Waals surface area contributed by atoms with Crippen LogP contribution in [0.5, 0.6) is 0 Å². The van der Waals surface area contributed by atoms with Crippen LogP contribution in [0, 0.1) is 0 Å².